The number of carbonyl (C=O) groups is 1. The van der Waals surface area contributed by atoms with E-state index in [-0.39, 0.29) is 25.4 Å². The molecule has 0 spiro atoms. The molecule has 7 nitrogen and oxygen atoms in total. The number of aliphatic hydroxyl groups excluding tert-OH is 1. The second-order valence-electron chi connectivity index (χ2n) is 14.6. The number of alkyl carbamates (subject to hydrolysis) is 1. The van der Waals surface area contributed by atoms with E-state index in [1.807, 2.05) is 24.3 Å². The smallest absolute Gasteiger partial charge is 0.407 e. The number of hydrogen-bond acceptors (Lipinski definition) is 6. The number of fused-ring (bicyclic) bond motifs is 2. The van der Waals surface area contributed by atoms with Gasteiger partial charge in [-0.3, -0.25) is 4.90 Å². The third-order valence-corrected chi connectivity index (χ3v) is 9.76. The Bertz CT molecular complexity index is 1520. The van der Waals surface area contributed by atoms with Crippen molar-refractivity contribution < 1.29 is 24.1 Å². The fraction of sp³-hybridized carbons (Fsp3) is 0.462. The van der Waals surface area contributed by atoms with Crippen LogP contribution >= 0.6 is 0 Å². The van der Waals surface area contributed by atoms with Gasteiger partial charge in [-0.2, -0.15) is 0 Å². The maximum absolute atomic E-state index is 11.9. The predicted molar refractivity (Wildman–Crippen MR) is 180 cm³/mol. The Morgan fingerprint density at radius 2 is 1.76 bits per heavy atom. The van der Waals surface area contributed by atoms with Gasteiger partial charge in [-0.25, -0.2) is 4.79 Å². The predicted octanol–water partition coefficient (Wildman–Crippen LogP) is 7.70. The van der Waals surface area contributed by atoms with E-state index < -0.39 is 12.4 Å². The normalized spacial score (nSPS) is 27.2. The van der Waals surface area contributed by atoms with Crippen LogP contribution in [0.5, 0.6) is 0 Å². The van der Waals surface area contributed by atoms with Gasteiger partial charge in [0.05, 0.1) is 18.8 Å². The van der Waals surface area contributed by atoms with Crippen molar-refractivity contribution in [2.24, 2.45) is 10.8 Å². The van der Waals surface area contributed by atoms with Gasteiger partial charge < -0.3 is 24.6 Å². The van der Waals surface area contributed by atoms with Gasteiger partial charge in [0.15, 0.2) is 6.29 Å². The number of hydrogen-bond donors (Lipinski definition) is 2. The molecule has 2 heterocycles. The molecule has 1 amide bonds. The SMILES string of the molecule is C=CCOC(=O)NCc1cccc(-c2cccc([C@@H]3O[C@H](CN4CC5(C)CC4CC(C)(C)C5)C[C@H](c4ccc(CO)cc4)O3)c2)c1. The molecule has 3 aromatic rings. The van der Waals surface area contributed by atoms with E-state index in [1.54, 1.807) is 6.08 Å². The van der Waals surface area contributed by atoms with Crippen molar-refractivity contribution in [3.63, 3.8) is 0 Å². The van der Waals surface area contributed by atoms with Crippen molar-refractivity contribution in [3.8, 4) is 11.1 Å². The highest BCUT2D eigenvalue weighted by atomic mass is 16.7. The van der Waals surface area contributed by atoms with Crippen LogP contribution in [0.15, 0.2) is 85.5 Å². The Morgan fingerprint density at radius 1 is 1.00 bits per heavy atom. The molecule has 2 saturated heterocycles. The van der Waals surface area contributed by atoms with Crippen LogP contribution in [0.3, 0.4) is 0 Å². The largest absolute Gasteiger partial charge is 0.445 e. The summed E-state index contributed by atoms with van der Waals surface area (Å²) in [6.45, 7) is 13.5. The molecule has 2 unspecified atom stereocenters. The lowest BCUT2D eigenvalue weighted by Gasteiger charge is -2.41. The molecular weight excluding hydrogens is 576 g/mol. The van der Waals surface area contributed by atoms with Crippen molar-refractivity contribution in [2.45, 2.75) is 84.1 Å². The summed E-state index contributed by atoms with van der Waals surface area (Å²) >= 11 is 0. The second-order valence-corrected chi connectivity index (χ2v) is 14.6. The minimum absolute atomic E-state index is 0.0197. The summed E-state index contributed by atoms with van der Waals surface area (Å²) in [7, 11) is 0. The van der Waals surface area contributed by atoms with E-state index in [1.165, 1.54) is 19.3 Å². The van der Waals surface area contributed by atoms with Gasteiger partial charge in [-0.05, 0) is 70.0 Å². The first-order valence-corrected chi connectivity index (χ1v) is 16.6. The maximum atomic E-state index is 11.9. The van der Waals surface area contributed by atoms with Crippen molar-refractivity contribution >= 4 is 6.09 Å². The highest BCUT2D eigenvalue weighted by molar-refractivity contribution is 5.68. The molecule has 0 radical (unpaired) electrons. The van der Waals surface area contributed by atoms with Crippen LogP contribution in [0.4, 0.5) is 4.79 Å². The lowest BCUT2D eigenvalue weighted by Crippen LogP contribution is -2.42. The second kappa shape index (κ2) is 13.7. The average Bonchev–Trinajstić information content (AvgIpc) is 3.29. The molecule has 1 saturated carbocycles. The van der Waals surface area contributed by atoms with Crippen molar-refractivity contribution in [2.75, 3.05) is 19.7 Å². The minimum Gasteiger partial charge on any atom is -0.445 e. The van der Waals surface area contributed by atoms with Gasteiger partial charge in [-0.15, -0.1) is 0 Å². The molecule has 7 heteroatoms. The van der Waals surface area contributed by atoms with Crippen LogP contribution in [0.1, 0.15) is 81.1 Å². The number of amides is 1. The van der Waals surface area contributed by atoms with Gasteiger partial charge in [-0.1, -0.05) is 94.1 Å². The molecule has 3 aliphatic rings. The average molecular weight is 625 g/mol. The fourth-order valence-corrected chi connectivity index (χ4v) is 8.17. The zero-order valence-corrected chi connectivity index (χ0v) is 27.4. The molecule has 1 aliphatic carbocycles. The number of nitrogens with zero attached hydrogens (tertiary/aromatic N) is 1. The molecule has 2 N–H and O–H groups in total. The van der Waals surface area contributed by atoms with Crippen LogP contribution in [0, 0.1) is 10.8 Å². The number of likely N-dealkylation sites (tertiary alicyclic amines) is 1. The topological polar surface area (TPSA) is 80.3 Å². The van der Waals surface area contributed by atoms with Gasteiger partial charge >= 0.3 is 6.09 Å². The zero-order valence-electron chi connectivity index (χ0n) is 27.4. The Labute approximate surface area is 273 Å². The van der Waals surface area contributed by atoms with Gasteiger partial charge in [0.25, 0.3) is 0 Å². The molecular formula is C39H48N2O5. The number of carbonyl (C=O) groups excluding carboxylic acids is 1. The number of benzene rings is 3. The summed E-state index contributed by atoms with van der Waals surface area (Å²) in [6.07, 6.45) is 5.01. The van der Waals surface area contributed by atoms with Crippen molar-refractivity contribution in [1.29, 1.82) is 0 Å². The van der Waals surface area contributed by atoms with E-state index in [9.17, 15) is 9.90 Å². The number of ether oxygens (including phenoxy) is 3. The van der Waals surface area contributed by atoms with Gasteiger partial charge in [0, 0.05) is 37.7 Å². The monoisotopic (exact) mass is 624 g/mol. The van der Waals surface area contributed by atoms with E-state index in [0.29, 0.717) is 23.4 Å². The van der Waals surface area contributed by atoms with E-state index >= 15 is 0 Å². The van der Waals surface area contributed by atoms with E-state index in [4.69, 9.17) is 14.2 Å². The quantitative estimate of drug-likeness (QED) is 0.225. The van der Waals surface area contributed by atoms with Gasteiger partial charge in [0.1, 0.15) is 6.61 Å². The Kier molecular flexibility index (Phi) is 9.67. The minimum atomic E-state index is -0.514. The molecule has 3 fully saturated rings. The summed E-state index contributed by atoms with van der Waals surface area (Å²) < 4.78 is 18.5. The van der Waals surface area contributed by atoms with Crippen LogP contribution in [0.2, 0.25) is 0 Å². The zero-order chi connectivity index (χ0) is 32.3. The third-order valence-electron chi connectivity index (χ3n) is 9.76. The number of aliphatic hydroxyl groups is 1. The summed E-state index contributed by atoms with van der Waals surface area (Å²) in [5.74, 6) is 0. The summed E-state index contributed by atoms with van der Waals surface area (Å²) in [4.78, 5) is 14.6. The molecule has 0 aromatic heterocycles. The molecule has 244 valence electrons. The Balaban J connectivity index is 1.22. The van der Waals surface area contributed by atoms with Crippen LogP contribution in [-0.2, 0) is 27.4 Å². The number of nitrogens with one attached hydrogen (secondary N) is 1. The molecule has 2 aliphatic heterocycles. The maximum Gasteiger partial charge on any atom is 0.407 e. The standard InChI is InChI=1S/C39H48N2O5/c1-5-16-44-37(43)40-22-28-8-6-9-30(17-28)31-10-7-11-32(18-31)36-45-34(19-35(46-36)29-14-12-27(24-42)13-15-29)23-41-26-39(4)21-33(41)20-38(2,3)25-39/h5-15,17-18,33-36,42H,1,16,19-26H2,2-4H3,(H,40,43)/t33?,34-,35+,36+,39?/m0/s1. The Morgan fingerprint density at radius 3 is 2.52 bits per heavy atom. The van der Waals surface area contributed by atoms with Crippen LogP contribution < -0.4 is 5.32 Å². The van der Waals surface area contributed by atoms with Gasteiger partial charge in [0.2, 0.25) is 0 Å². The highest BCUT2D eigenvalue weighted by Crippen LogP contribution is 2.53. The van der Waals surface area contributed by atoms with Crippen LogP contribution in [-0.4, -0.2) is 47.9 Å². The third kappa shape index (κ3) is 7.72. The summed E-state index contributed by atoms with van der Waals surface area (Å²) in [6, 6.07) is 25.2. The Hall–Kier alpha value is -3.49. The number of rotatable bonds is 10. The highest BCUT2D eigenvalue weighted by Gasteiger charge is 2.50. The first-order valence-electron chi connectivity index (χ1n) is 16.6. The van der Waals surface area contributed by atoms with Crippen molar-refractivity contribution in [3.05, 3.63) is 108 Å². The summed E-state index contributed by atoms with van der Waals surface area (Å²) in [5, 5.41) is 12.4. The lowest BCUT2D eigenvalue weighted by molar-refractivity contribution is -0.253. The van der Waals surface area contributed by atoms with E-state index in [2.05, 4.69) is 86.1 Å². The van der Waals surface area contributed by atoms with E-state index in [0.717, 1.165) is 52.9 Å². The van der Waals surface area contributed by atoms with Crippen molar-refractivity contribution in [1.82, 2.24) is 10.2 Å². The first kappa shape index (κ1) is 32.5. The first-order chi connectivity index (χ1) is 22.1. The molecule has 46 heavy (non-hydrogen) atoms. The molecule has 3 aromatic carbocycles. The summed E-state index contributed by atoms with van der Waals surface area (Å²) in [5.41, 5.74) is 6.77. The molecule has 5 atom stereocenters. The van der Waals surface area contributed by atoms with Crippen LogP contribution in [0.25, 0.3) is 11.1 Å². The molecule has 2 bridgehead atoms. The fourth-order valence-electron chi connectivity index (χ4n) is 8.17. The molecule has 6 rings (SSSR count). The lowest BCUT2D eigenvalue weighted by atomic mass is 9.65.